The normalized spacial score (nSPS) is 16.3. The van der Waals surface area contributed by atoms with E-state index in [2.05, 4.69) is 83.0 Å². The van der Waals surface area contributed by atoms with Gasteiger partial charge < -0.3 is 4.90 Å². The summed E-state index contributed by atoms with van der Waals surface area (Å²) in [4.78, 5) is 2.72. The lowest BCUT2D eigenvalue weighted by molar-refractivity contribution is 0.420. The van der Waals surface area contributed by atoms with Gasteiger partial charge in [0.15, 0.2) is 0 Å². The van der Waals surface area contributed by atoms with Crippen LogP contribution in [0.5, 0.6) is 0 Å². The summed E-state index contributed by atoms with van der Waals surface area (Å²) in [7, 11) is 0. The van der Waals surface area contributed by atoms with Crippen LogP contribution in [0.1, 0.15) is 80.0 Å². The Hall–Kier alpha value is -2.29. The molecule has 0 aliphatic carbocycles. The molecular formula is C29H41N3. The monoisotopic (exact) mass is 431 g/mol. The molecule has 3 nitrogen and oxygen atoms in total. The summed E-state index contributed by atoms with van der Waals surface area (Å²) < 4.78 is 2.30. The molecule has 0 spiro atoms. The first-order chi connectivity index (χ1) is 15.3. The summed E-state index contributed by atoms with van der Waals surface area (Å²) in [6.07, 6.45) is 6.07. The molecule has 1 aliphatic heterocycles. The Balaban J connectivity index is 1.99. The van der Waals surface area contributed by atoms with Crippen molar-refractivity contribution in [2.24, 2.45) is 5.92 Å². The zero-order chi connectivity index (χ0) is 23.2. The minimum atomic E-state index is 0.601. The molecule has 1 unspecified atom stereocenters. The smallest absolute Gasteiger partial charge is 0.134 e. The second-order valence-corrected chi connectivity index (χ2v) is 10.1. The van der Waals surface area contributed by atoms with Crippen molar-refractivity contribution >= 4 is 11.3 Å². The van der Waals surface area contributed by atoms with Crippen LogP contribution in [0.4, 0.5) is 5.82 Å². The zero-order valence-electron chi connectivity index (χ0n) is 21.5. The van der Waals surface area contributed by atoms with Crippen molar-refractivity contribution in [1.82, 2.24) is 9.61 Å². The first-order valence-electron chi connectivity index (χ1n) is 12.7. The Morgan fingerprint density at radius 3 is 2.16 bits per heavy atom. The van der Waals surface area contributed by atoms with Gasteiger partial charge in [0.05, 0.1) is 11.2 Å². The third-order valence-electron chi connectivity index (χ3n) is 7.84. The lowest BCUT2D eigenvalue weighted by Gasteiger charge is -2.41. The average Bonchev–Trinajstić information content (AvgIpc) is 3.06. The molecule has 0 fully saturated rings. The van der Waals surface area contributed by atoms with Crippen LogP contribution in [-0.4, -0.2) is 22.2 Å². The fourth-order valence-corrected chi connectivity index (χ4v) is 6.05. The Morgan fingerprint density at radius 1 is 0.906 bits per heavy atom. The van der Waals surface area contributed by atoms with Crippen molar-refractivity contribution in [2.45, 2.75) is 93.5 Å². The Morgan fingerprint density at radius 2 is 1.56 bits per heavy atom. The van der Waals surface area contributed by atoms with Crippen molar-refractivity contribution in [3.63, 3.8) is 0 Å². The molecule has 172 valence electrons. The van der Waals surface area contributed by atoms with Gasteiger partial charge >= 0.3 is 0 Å². The fraction of sp³-hybridized carbons (Fsp3) is 0.552. The number of aryl methyl sites for hydroxylation is 5. The third kappa shape index (κ3) is 3.74. The maximum atomic E-state index is 5.20. The molecule has 1 aliphatic rings. The average molecular weight is 432 g/mol. The second-order valence-electron chi connectivity index (χ2n) is 10.1. The molecule has 0 bridgehead atoms. The van der Waals surface area contributed by atoms with E-state index in [4.69, 9.17) is 5.10 Å². The fourth-order valence-electron chi connectivity index (χ4n) is 6.05. The highest BCUT2D eigenvalue weighted by Crippen LogP contribution is 2.41. The van der Waals surface area contributed by atoms with E-state index >= 15 is 0 Å². The minimum Gasteiger partial charge on any atom is -0.353 e. The number of fused-ring (bicyclic) bond motifs is 3. The summed E-state index contributed by atoms with van der Waals surface area (Å²) in [6.45, 7) is 19.3. The number of hydrogen-bond donors (Lipinski definition) is 0. The van der Waals surface area contributed by atoms with E-state index < -0.39 is 0 Å². The largest absolute Gasteiger partial charge is 0.353 e. The van der Waals surface area contributed by atoms with Crippen molar-refractivity contribution in [3.05, 3.63) is 51.7 Å². The summed E-state index contributed by atoms with van der Waals surface area (Å²) in [6, 6.07) is 7.62. The van der Waals surface area contributed by atoms with E-state index in [0.717, 1.165) is 24.6 Å². The summed E-state index contributed by atoms with van der Waals surface area (Å²) in [5.41, 5.74) is 12.0. The molecule has 0 saturated carbocycles. The van der Waals surface area contributed by atoms with Crippen molar-refractivity contribution < 1.29 is 0 Å². The maximum absolute atomic E-state index is 5.20. The summed E-state index contributed by atoms with van der Waals surface area (Å²) in [5.74, 6) is 2.09. The lowest BCUT2D eigenvalue weighted by Crippen LogP contribution is -2.43. The molecule has 1 aromatic carbocycles. The minimum absolute atomic E-state index is 0.601. The highest BCUT2D eigenvalue weighted by atomic mass is 15.3. The number of benzene rings is 1. The van der Waals surface area contributed by atoms with Gasteiger partial charge in [-0.1, -0.05) is 51.3 Å². The SMILES string of the molecule is CCC(CC)CN1c2c(c(C)cc3c(-c4c(C)cc(C)cc4C)c(C)nn23)CCC1CC. The van der Waals surface area contributed by atoms with E-state index in [-0.39, 0.29) is 0 Å². The second kappa shape index (κ2) is 8.92. The molecule has 1 atom stereocenters. The van der Waals surface area contributed by atoms with Gasteiger partial charge in [-0.25, -0.2) is 4.52 Å². The first kappa shape index (κ1) is 22.9. The van der Waals surface area contributed by atoms with Gasteiger partial charge in [0.25, 0.3) is 0 Å². The van der Waals surface area contributed by atoms with Gasteiger partial charge in [-0.05, 0) is 93.7 Å². The van der Waals surface area contributed by atoms with Crippen LogP contribution in [0.15, 0.2) is 18.2 Å². The number of nitrogens with zero attached hydrogens (tertiary/aromatic N) is 3. The molecule has 32 heavy (non-hydrogen) atoms. The molecular weight excluding hydrogens is 390 g/mol. The number of anilines is 1. The number of pyridine rings is 1. The quantitative estimate of drug-likeness (QED) is 0.402. The third-order valence-corrected chi connectivity index (χ3v) is 7.84. The molecule has 0 saturated heterocycles. The molecule has 4 rings (SSSR count). The Kier molecular flexibility index (Phi) is 6.38. The van der Waals surface area contributed by atoms with Crippen molar-refractivity contribution in [3.8, 4) is 11.1 Å². The van der Waals surface area contributed by atoms with Crippen LogP contribution >= 0.6 is 0 Å². The van der Waals surface area contributed by atoms with Gasteiger partial charge in [0, 0.05) is 18.2 Å². The molecule has 0 amide bonds. The van der Waals surface area contributed by atoms with Crippen LogP contribution in [0.2, 0.25) is 0 Å². The number of aromatic nitrogens is 2. The van der Waals surface area contributed by atoms with Crippen LogP contribution < -0.4 is 4.90 Å². The van der Waals surface area contributed by atoms with Crippen LogP contribution in [0, 0.1) is 40.5 Å². The van der Waals surface area contributed by atoms with Crippen LogP contribution in [0.3, 0.4) is 0 Å². The topological polar surface area (TPSA) is 20.5 Å². The maximum Gasteiger partial charge on any atom is 0.134 e. The van der Waals surface area contributed by atoms with Crippen molar-refractivity contribution in [2.75, 3.05) is 11.4 Å². The predicted molar refractivity (Wildman–Crippen MR) is 138 cm³/mol. The molecule has 0 N–H and O–H groups in total. The lowest BCUT2D eigenvalue weighted by atomic mass is 9.90. The highest BCUT2D eigenvalue weighted by Gasteiger charge is 2.31. The van der Waals surface area contributed by atoms with E-state index in [9.17, 15) is 0 Å². The van der Waals surface area contributed by atoms with Crippen molar-refractivity contribution in [1.29, 1.82) is 0 Å². The van der Waals surface area contributed by atoms with E-state index in [1.54, 1.807) is 0 Å². The first-order valence-corrected chi connectivity index (χ1v) is 12.7. The molecule has 2 aromatic heterocycles. The highest BCUT2D eigenvalue weighted by molar-refractivity contribution is 5.88. The van der Waals surface area contributed by atoms with Gasteiger partial charge in [0.1, 0.15) is 5.82 Å². The van der Waals surface area contributed by atoms with E-state index in [1.807, 2.05) is 0 Å². The zero-order valence-corrected chi connectivity index (χ0v) is 21.5. The Labute approximate surface area is 194 Å². The predicted octanol–water partition coefficient (Wildman–Crippen LogP) is 7.51. The summed E-state index contributed by atoms with van der Waals surface area (Å²) >= 11 is 0. The number of rotatable bonds is 6. The van der Waals surface area contributed by atoms with Gasteiger partial charge in [0.2, 0.25) is 0 Å². The molecule has 3 heteroatoms. The van der Waals surface area contributed by atoms with Crippen LogP contribution in [0.25, 0.3) is 16.6 Å². The number of hydrogen-bond acceptors (Lipinski definition) is 2. The molecule has 3 heterocycles. The van der Waals surface area contributed by atoms with Gasteiger partial charge in [-0.2, -0.15) is 5.10 Å². The van der Waals surface area contributed by atoms with Gasteiger partial charge in [-0.15, -0.1) is 0 Å². The summed E-state index contributed by atoms with van der Waals surface area (Å²) in [5, 5.41) is 5.20. The van der Waals surface area contributed by atoms with E-state index in [1.165, 1.54) is 76.0 Å². The van der Waals surface area contributed by atoms with Gasteiger partial charge in [-0.3, -0.25) is 0 Å². The van der Waals surface area contributed by atoms with E-state index in [0.29, 0.717) is 6.04 Å². The molecule has 0 radical (unpaired) electrons. The van der Waals surface area contributed by atoms with Crippen LogP contribution in [-0.2, 0) is 6.42 Å². The Bertz CT molecular complexity index is 1110. The molecule has 3 aromatic rings. The standard InChI is InChI=1S/C29H41N3/c1-9-23(10-2)17-31-24(11-3)12-13-25-19(5)16-26-28(22(8)30-32(26)29(25)31)27-20(6)14-18(4)15-21(27)7/h14-16,23-24H,9-13,17H2,1-8H3.